The van der Waals surface area contributed by atoms with Crippen LogP contribution < -0.4 is 5.32 Å². The lowest BCUT2D eigenvalue weighted by Gasteiger charge is -2.34. The second-order valence-electron chi connectivity index (χ2n) is 6.13. The SMILES string of the molecule is CNC(CN(C)CCCN(C)C)C(C)(C)C. The highest BCUT2D eigenvalue weighted by Gasteiger charge is 2.23. The largest absolute Gasteiger partial charge is 0.315 e. The molecule has 16 heavy (non-hydrogen) atoms. The van der Waals surface area contributed by atoms with Gasteiger partial charge < -0.3 is 15.1 Å². The smallest absolute Gasteiger partial charge is 0.0240 e. The van der Waals surface area contributed by atoms with E-state index in [1.165, 1.54) is 19.5 Å². The van der Waals surface area contributed by atoms with Crippen LogP contribution in [0.4, 0.5) is 0 Å². The van der Waals surface area contributed by atoms with Crippen molar-refractivity contribution in [1.82, 2.24) is 15.1 Å². The Labute approximate surface area is 102 Å². The van der Waals surface area contributed by atoms with E-state index in [4.69, 9.17) is 0 Å². The maximum absolute atomic E-state index is 3.42. The maximum Gasteiger partial charge on any atom is 0.0240 e. The molecule has 3 nitrogen and oxygen atoms in total. The minimum absolute atomic E-state index is 0.324. The number of rotatable bonds is 7. The summed E-state index contributed by atoms with van der Waals surface area (Å²) in [5.41, 5.74) is 0.324. The minimum atomic E-state index is 0.324. The second kappa shape index (κ2) is 7.25. The Balaban J connectivity index is 3.88. The molecule has 1 unspecified atom stereocenters. The average Bonchev–Trinajstić information content (AvgIpc) is 2.11. The molecular formula is C13H31N3. The standard InChI is InChI=1S/C13H31N3/c1-13(2,3)12(14-4)11-16(7)10-8-9-15(5)6/h12,14H,8-11H2,1-7H3. The minimum Gasteiger partial charge on any atom is -0.315 e. The van der Waals surface area contributed by atoms with E-state index in [0.717, 1.165) is 6.54 Å². The average molecular weight is 229 g/mol. The van der Waals surface area contributed by atoms with Crippen LogP contribution in [-0.4, -0.2) is 63.7 Å². The molecule has 1 atom stereocenters. The third kappa shape index (κ3) is 7.20. The summed E-state index contributed by atoms with van der Waals surface area (Å²) in [4.78, 5) is 4.67. The molecule has 98 valence electrons. The van der Waals surface area contributed by atoms with Gasteiger partial charge in [-0.1, -0.05) is 20.8 Å². The third-order valence-electron chi connectivity index (χ3n) is 3.03. The van der Waals surface area contributed by atoms with Crippen LogP contribution >= 0.6 is 0 Å². The number of nitrogens with one attached hydrogen (secondary N) is 1. The predicted molar refractivity (Wildman–Crippen MR) is 73.0 cm³/mol. The van der Waals surface area contributed by atoms with Crippen LogP contribution in [0.2, 0.25) is 0 Å². The van der Waals surface area contributed by atoms with Crippen LogP contribution in [0.25, 0.3) is 0 Å². The molecule has 0 spiro atoms. The molecule has 0 aliphatic carbocycles. The van der Waals surface area contributed by atoms with Gasteiger partial charge in [-0.25, -0.2) is 0 Å². The van der Waals surface area contributed by atoms with Gasteiger partial charge in [-0.2, -0.15) is 0 Å². The molecule has 0 fully saturated rings. The van der Waals surface area contributed by atoms with E-state index in [1.54, 1.807) is 0 Å². The van der Waals surface area contributed by atoms with Crippen molar-refractivity contribution >= 4 is 0 Å². The van der Waals surface area contributed by atoms with E-state index in [1.807, 2.05) is 0 Å². The lowest BCUT2D eigenvalue weighted by molar-refractivity contribution is 0.197. The van der Waals surface area contributed by atoms with Gasteiger partial charge in [0.1, 0.15) is 0 Å². The zero-order valence-corrected chi connectivity index (χ0v) is 12.3. The molecule has 0 saturated heterocycles. The van der Waals surface area contributed by atoms with Crippen molar-refractivity contribution in [1.29, 1.82) is 0 Å². The molecule has 0 heterocycles. The zero-order valence-electron chi connectivity index (χ0n) is 12.3. The molecule has 0 aliphatic heterocycles. The summed E-state index contributed by atoms with van der Waals surface area (Å²) in [6.45, 7) is 10.3. The van der Waals surface area contributed by atoms with Crippen LogP contribution in [0.15, 0.2) is 0 Å². The van der Waals surface area contributed by atoms with Gasteiger partial charge in [-0.3, -0.25) is 0 Å². The first kappa shape index (κ1) is 15.9. The Kier molecular flexibility index (Phi) is 7.20. The van der Waals surface area contributed by atoms with E-state index < -0.39 is 0 Å². The van der Waals surface area contributed by atoms with Crippen molar-refractivity contribution in [2.45, 2.75) is 33.2 Å². The zero-order chi connectivity index (χ0) is 12.8. The first-order valence-corrected chi connectivity index (χ1v) is 6.28. The lowest BCUT2D eigenvalue weighted by Crippen LogP contribution is -2.46. The van der Waals surface area contributed by atoms with Gasteiger partial charge in [-0.15, -0.1) is 0 Å². The Morgan fingerprint density at radius 1 is 1.06 bits per heavy atom. The summed E-state index contributed by atoms with van der Waals surface area (Å²) in [7, 11) is 8.53. The molecule has 0 rings (SSSR count). The summed E-state index contributed by atoms with van der Waals surface area (Å²) >= 11 is 0. The summed E-state index contributed by atoms with van der Waals surface area (Å²) in [6, 6.07) is 0.553. The molecule has 1 N–H and O–H groups in total. The van der Waals surface area contributed by atoms with E-state index in [0.29, 0.717) is 11.5 Å². The number of hydrogen-bond acceptors (Lipinski definition) is 3. The Bertz CT molecular complexity index is 173. The quantitative estimate of drug-likeness (QED) is 0.714. The molecule has 0 aromatic heterocycles. The Hall–Kier alpha value is -0.120. The normalized spacial score (nSPS) is 14.8. The van der Waals surface area contributed by atoms with Crippen molar-refractivity contribution in [3.05, 3.63) is 0 Å². The number of hydrogen-bond donors (Lipinski definition) is 1. The van der Waals surface area contributed by atoms with Crippen molar-refractivity contribution < 1.29 is 0 Å². The molecule has 3 heteroatoms. The Morgan fingerprint density at radius 2 is 1.62 bits per heavy atom. The monoisotopic (exact) mass is 229 g/mol. The topological polar surface area (TPSA) is 18.5 Å². The van der Waals surface area contributed by atoms with Gasteiger partial charge in [0.25, 0.3) is 0 Å². The summed E-state index contributed by atoms with van der Waals surface area (Å²) < 4.78 is 0. The molecule has 0 amide bonds. The fraction of sp³-hybridized carbons (Fsp3) is 1.00. The van der Waals surface area contributed by atoms with Gasteiger partial charge in [0.15, 0.2) is 0 Å². The molecular weight excluding hydrogens is 198 g/mol. The van der Waals surface area contributed by atoms with Crippen LogP contribution in [0.1, 0.15) is 27.2 Å². The first-order chi connectivity index (χ1) is 7.27. The highest BCUT2D eigenvalue weighted by Crippen LogP contribution is 2.19. The van der Waals surface area contributed by atoms with E-state index >= 15 is 0 Å². The first-order valence-electron chi connectivity index (χ1n) is 6.28. The lowest BCUT2D eigenvalue weighted by atomic mass is 9.86. The van der Waals surface area contributed by atoms with E-state index in [-0.39, 0.29) is 0 Å². The third-order valence-corrected chi connectivity index (χ3v) is 3.03. The van der Waals surface area contributed by atoms with Gasteiger partial charge in [0.05, 0.1) is 0 Å². The molecule has 0 aliphatic rings. The highest BCUT2D eigenvalue weighted by molar-refractivity contribution is 4.81. The summed E-state index contributed by atoms with van der Waals surface area (Å²) in [5.74, 6) is 0. The fourth-order valence-electron chi connectivity index (χ4n) is 1.86. The number of likely N-dealkylation sites (N-methyl/N-ethyl adjacent to an activating group) is 2. The van der Waals surface area contributed by atoms with Crippen molar-refractivity contribution in [2.75, 3.05) is 47.8 Å². The maximum atomic E-state index is 3.42. The van der Waals surface area contributed by atoms with Crippen molar-refractivity contribution in [3.8, 4) is 0 Å². The Morgan fingerprint density at radius 3 is 2.00 bits per heavy atom. The molecule has 0 bridgehead atoms. The van der Waals surface area contributed by atoms with Gasteiger partial charge in [0.2, 0.25) is 0 Å². The second-order valence-corrected chi connectivity index (χ2v) is 6.13. The summed E-state index contributed by atoms with van der Waals surface area (Å²) in [6.07, 6.45) is 1.24. The van der Waals surface area contributed by atoms with Crippen molar-refractivity contribution in [3.63, 3.8) is 0 Å². The van der Waals surface area contributed by atoms with E-state index in [2.05, 4.69) is 64.1 Å². The van der Waals surface area contributed by atoms with E-state index in [9.17, 15) is 0 Å². The van der Waals surface area contributed by atoms with Crippen LogP contribution in [0.3, 0.4) is 0 Å². The molecule has 0 radical (unpaired) electrons. The molecule has 0 aromatic rings. The van der Waals surface area contributed by atoms with Gasteiger partial charge >= 0.3 is 0 Å². The predicted octanol–water partition coefficient (Wildman–Crippen LogP) is 1.50. The van der Waals surface area contributed by atoms with Gasteiger partial charge in [-0.05, 0) is 53.1 Å². The van der Waals surface area contributed by atoms with Gasteiger partial charge in [0, 0.05) is 12.6 Å². The van der Waals surface area contributed by atoms with Crippen LogP contribution in [0.5, 0.6) is 0 Å². The molecule has 0 aromatic carbocycles. The van der Waals surface area contributed by atoms with Crippen molar-refractivity contribution in [2.24, 2.45) is 5.41 Å². The fourth-order valence-corrected chi connectivity index (χ4v) is 1.86. The molecule has 0 saturated carbocycles. The number of nitrogens with zero attached hydrogens (tertiary/aromatic N) is 2. The van der Waals surface area contributed by atoms with Crippen LogP contribution in [-0.2, 0) is 0 Å². The summed E-state index contributed by atoms with van der Waals surface area (Å²) in [5, 5.41) is 3.42. The van der Waals surface area contributed by atoms with Crippen LogP contribution in [0, 0.1) is 5.41 Å². The highest BCUT2D eigenvalue weighted by atomic mass is 15.1.